The number of halogens is 7. The average molecular weight is 854 g/mol. The zero-order valence-electron chi connectivity index (χ0n) is 29.3. The van der Waals surface area contributed by atoms with Crippen molar-refractivity contribution in [2.24, 2.45) is 5.92 Å². The van der Waals surface area contributed by atoms with Gasteiger partial charge in [-0.05, 0) is 19.4 Å². The third-order valence-electron chi connectivity index (χ3n) is 3.09. The van der Waals surface area contributed by atoms with E-state index in [1.807, 2.05) is 0 Å². The van der Waals surface area contributed by atoms with E-state index in [0.717, 1.165) is 64.0 Å². The van der Waals surface area contributed by atoms with E-state index in [0.29, 0.717) is 26.7 Å². The molecule has 0 saturated heterocycles. The first-order valence-electron chi connectivity index (χ1n) is 11.8. The molecular weight excluding hydrogens is 789 g/mol. The molecule has 300 valence electrons. The maximum Gasteiger partial charge on any atom is 0.492 e. The van der Waals surface area contributed by atoms with Crippen molar-refractivity contribution in [3.63, 3.8) is 0 Å². The molecule has 0 aromatic carbocycles. The van der Waals surface area contributed by atoms with Crippen molar-refractivity contribution in [1.82, 2.24) is 10.6 Å². The number of hydrogen-bond donors (Lipinski definition) is 14. The smallest absolute Gasteiger partial charge is 0.400 e. The molecule has 0 aliphatic rings. The molecule has 0 amide bonds. The molecule has 0 aliphatic heterocycles. The normalized spacial score (nSPS) is 8.81. The van der Waals surface area contributed by atoms with Gasteiger partial charge in [0.05, 0.1) is 13.1 Å². The molecule has 0 rings (SSSR count). The topological polar surface area (TPSA) is 267 Å². The maximum absolute atomic E-state index is 12.6. The summed E-state index contributed by atoms with van der Waals surface area (Å²) in [4.78, 5) is 26.3. The summed E-state index contributed by atoms with van der Waals surface area (Å²) in [5, 5.41) is 68.6. The zero-order valence-corrected chi connectivity index (χ0v) is 35.0. The zero-order chi connectivity index (χ0) is 39.2. The predicted octanol–water partition coefficient (Wildman–Crippen LogP) is -1.66. The fourth-order valence-electron chi connectivity index (χ4n) is 1.92. The van der Waals surface area contributed by atoms with E-state index >= 15 is 0 Å². The third kappa shape index (κ3) is 140. The Labute approximate surface area is 322 Å². The summed E-state index contributed by atoms with van der Waals surface area (Å²) in [5.41, 5.74) is 0. The van der Waals surface area contributed by atoms with Crippen molar-refractivity contribution < 1.29 is 156 Å². The predicted molar refractivity (Wildman–Crippen MR) is 160 cm³/mol. The molecule has 2 atom stereocenters. The Balaban J connectivity index is -0.0000000255. The standard InChI is InChI=1S/C11H24F4N2O3Si.CH2F2.CH3F.9CH4O.3Ti/c1-2-10(9(8-12)11(13,14)15)17-6-5-16-4-3-7-21(18,19)20;2-1-3;10*1-2;;;/h9-10,16-20H,2-8H2,1H3;1H2;1H3;9*2H,1H3;;;. The Morgan fingerprint density at radius 3 is 1.04 bits per heavy atom. The van der Waals surface area contributed by atoms with Crippen LogP contribution in [0.2, 0.25) is 6.04 Å². The van der Waals surface area contributed by atoms with Gasteiger partial charge in [0, 0.05) is 154 Å². The summed E-state index contributed by atoms with van der Waals surface area (Å²) in [5.74, 6) is -2.01. The number of rotatable bonds is 11. The summed E-state index contributed by atoms with van der Waals surface area (Å²) in [6.45, 7) is -0.623. The number of hydrogen-bond acceptors (Lipinski definition) is 14. The first-order valence-corrected chi connectivity index (χ1v) is 13.8. The first kappa shape index (κ1) is 97.5. The monoisotopic (exact) mass is 854 g/mol. The van der Waals surface area contributed by atoms with E-state index in [-0.39, 0.29) is 84.2 Å². The Kier molecular flexibility index (Phi) is 245. The van der Waals surface area contributed by atoms with Crippen molar-refractivity contribution in [2.45, 2.75) is 38.0 Å². The number of aliphatic hydroxyl groups excluding tert-OH is 9. The fraction of sp³-hybridized carbons (Fsp3) is 1.00. The van der Waals surface area contributed by atoms with Gasteiger partial charge in [0.1, 0.15) is 6.67 Å². The van der Waals surface area contributed by atoms with Crippen molar-refractivity contribution in [3.05, 3.63) is 0 Å². The van der Waals surface area contributed by atoms with Gasteiger partial charge in [-0.3, -0.25) is 8.78 Å². The van der Waals surface area contributed by atoms with Gasteiger partial charge < -0.3 is 71.0 Å². The van der Waals surface area contributed by atoms with Gasteiger partial charge in [-0.15, -0.1) is 0 Å². The molecular formula is C22H65F7N2O12SiTi3. The van der Waals surface area contributed by atoms with E-state index in [9.17, 15) is 30.7 Å². The minimum Gasteiger partial charge on any atom is -0.400 e. The summed E-state index contributed by atoms with van der Waals surface area (Å²) >= 11 is 0. The van der Waals surface area contributed by atoms with E-state index in [1.54, 1.807) is 6.92 Å². The minimum atomic E-state index is -4.56. The Hall–Kier alpha value is 1.31. The Morgan fingerprint density at radius 2 is 0.851 bits per heavy atom. The summed E-state index contributed by atoms with van der Waals surface area (Å²) in [7, 11) is 5.49. The Bertz CT molecular complexity index is 344. The van der Waals surface area contributed by atoms with Gasteiger partial charge in [-0.2, -0.15) is 13.2 Å². The number of aliphatic hydroxyl groups is 9. The van der Waals surface area contributed by atoms with E-state index in [1.165, 1.54) is 0 Å². The van der Waals surface area contributed by atoms with Crippen LogP contribution < -0.4 is 10.6 Å². The van der Waals surface area contributed by atoms with Crippen LogP contribution in [0.25, 0.3) is 0 Å². The number of alkyl halides is 7. The van der Waals surface area contributed by atoms with Crippen LogP contribution in [0.3, 0.4) is 0 Å². The van der Waals surface area contributed by atoms with Gasteiger partial charge in [0.15, 0.2) is 0 Å². The molecule has 0 aliphatic carbocycles. The van der Waals surface area contributed by atoms with Gasteiger partial charge in [0.2, 0.25) is 6.93 Å². The molecule has 0 aromatic heterocycles. The molecule has 2 unspecified atom stereocenters. The number of nitrogens with one attached hydrogen (secondary N) is 2. The second kappa shape index (κ2) is 118. The Morgan fingerprint density at radius 1 is 0.574 bits per heavy atom. The van der Waals surface area contributed by atoms with Crippen molar-refractivity contribution in [3.8, 4) is 0 Å². The fourth-order valence-corrected chi connectivity index (χ4v) is 2.57. The van der Waals surface area contributed by atoms with Crippen LogP contribution in [-0.2, 0) is 65.2 Å². The third-order valence-corrected chi connectivity index (χ3v) is 4.11. The van der Waals surface area contributed by atoms with Crippen molar-refractivity contribution in [1.29, 1.82) is 0 Å². The molecule has 0 spiro atoms. The summed E-state index contributed by atoms with van der Waals surface area (Å²) in [6, 6.07) is -1.06. The molecule has 0 radical (unpaired) electrons. The van der Waals surface area contributed by atoms with Crippen molar-refractivity contribution >= 4 is 8.80 Å². The molecule has 47 heavy (non-hydrogen) atoms. The second-order valence-electron chi connectivity index (χ2n) is 5.00. The van der Waals surface area contributed by atoms with E-state index in [2.05, 4.69) is 10.6 Å². The van der Waals surface area contributed by atoms with Crippen LogP contribution in [-0.4, -0.2) is 186 Å². The molecule has 14 N–H and O–H groups in total. The summed E-state index contributed by atoms with van der Waals surface area (Å²) < 4.78 is 79.0. The second-order valence-corrected chi connectivity index (χ2v) is 7.05. The first-order chi connectivity index (χ1) is 21.0. The van der Waals surface area contributed by atoms with Crippen LogP contribution in [0.5, 0.6) is 0 Å². The quantitative estimate of drug-likeness (QED) is 0.0631. The molecule has 0 bridgehead atoms. The molecule has 0 saturated carbocycles. The average Bonchev–Trinajstić information content (AvgIpc) is 3.08. The molecule has 14 nitrogen and oxygen atoms in total. The van der Waals surface area contributed by atoms with Gasteiger partial charge >= 0.3 is 15.0 Å². The van der Waals surface area contributed by atoms with E-state index < -0.39 is 40.5 Å². The largest absolute Gasteiger partial charge is 0.492 e. The molecule has 0 aromatic rings. The summed E-state index contributed by atoms with van der Waals surface area (Å²) in [6.07, 6.45) is -4.04. The van der Waals surface area contributed by atoms with Crippen LogP contribution in [0.4, 0.5) is 30.7 Å². The van der Waals surface area contributed by atoms with Crippen LogP contribution in [0, 0.1) is 5.92 Å². The molecule has 0 heterocycles. The van der Waals surface area contributed by atoms with Crippen LogP contribution in [0.15, 0.2) is 0 Å². The van der Waals surface area contributed by atoms with Gasteiger partial charge in [-0.1, -0.05) is 6.92 Å². The minimum absolute atomic E-state index is 0. The molecule has 25 heteroatoms. The molecule has 0 fully saturated rings. The van der Waals surface area contributed by atoms with Gasteiger partial charge in [0.25, 0.3) is 0 Å². The SMILES string of the molecule is CCC(NCCNCCC[Si](O)(O)O)C(CF)C(F)(F)F.CF.CO.CO.CO.CO.CO.CO.CO.CO.CO.FCF.[Ti].[Ti].[Ti]. The van der Waals surface area contributed by atoms with E-state index in [4.69, 9.17) is 60.3 Å². The van der Waals surface area contributed by atoms with Crippen molar-refractivity contribution in [2.75, 3.05) is 104 Å². The maximum atomic E-state index is 12.6. The van der Waals surface area contributed by atoms with Gasteiger partial charge in [-0.25, -0.2) is 8.78 Å². The van der Waals surface area contributed by atoms with Crippen LogP contribution >= 0.6 is 0 Å². The van der Waals surface area contributed by atoms with Crippen LogP contribution in [0.1, 0.15) is 19.8 Å².